The summed E-state index contributed by atoms with van der Waals surface area (Å²) in [7, 11) is -2.11. The average Bonchev–Trinajstić information content (AvgIpc) is 3.23. The van der Waals surface area contributed by atoms with Gasteiger partial charge in [0.05, 0.1) is 16.4 Å². The summed E-state index contributed by atoms with van der Waals surface area (Å²) in [5.74, 6) is 0.673. The molecule has 0 unspecified atom stereocenters. The highest BCUT2D eigenvalue weighted by Crippen LogP contribution is 2.33. The molecule has 0 aliphatic heterocycles. The van der Waals surface area contributed by atoms with Gasteiger partial charge >= 0.3 is 0 Å². The monoisotopic (exact) mass is 413 g/mol. The maximum absolute atomic E-state index is 12.4. The Morgan fingerprint density at radius 3 is 2.73 bits per heavy atom. The third kappa shape index (κ3) is 4.13. The Hall–Kier alpha value is -1.78. The molecule has 26 heavy (non-hydrogen) atoms. The number of nitrogens with zero attached hydrogens (tertiary/aromatic N) is 2. The van der Waals surface area contributed by atoms with E-state index < -0.39 is 10.0 Å². The van der Waals surface area contributed by atoms with Gasteiger partial charge in [-0.25, -0.2) is 13.1 Å². The standard InChI is InChI=1S/C16H16ClN3O4S2/c1-10-14(26(21,22)18-7-8-23-2)9-13(25-10)16-19-15(20-24-16)11-3-5-12(17)6-4-11/h3-6,9,18H,7-8H2,1-2H3. The fourth-order valence-electron chi connectivity index (χ4n) is 2.23. The lowest BCUT2D eigenvalue weighted by molar-refractivity contribution is 0.204. The average molecular weight is 414 g/mol. The molecule has 1 N–H and O–H groups in total. The van der Waals surface area contributed by atoms with Gasteiger partial charge in [0, 0.05) is 29.1 Å². The van der Waals surface area contributed by atoms with Gasteiger partial charge in [0.1, 0.15) is 0 Å². The lowest BCUT2D eigenvalue weighted by atomic mass is 10.2. The number of hydrogen-bond acceptors (Lipinski definition) is 7. The van der Waals surface area contributed by atoms with E-state index in [1.54, 1.807) is 31.2 Å². The van der Waals surface area contributed by atoms with Crippen LogP contribution in [0.3, 0.4) is 0 Å². The maximum Gasteiger partial charge on any atom is 0.268 e. The molecule has 0 saturated carbocycles. The van der Waals surface area contributed by atoms with E-state index in [1.807, 2.05) is 0 Å². The highest BCUT2D eigenvalue weighted by Gasteiger charge is 2.22. The summed E-state index contributed by atoms with van der Waals surface area (Å²) in [6.45, 7) is 2.23. The molecule has 10 heteroatoms. The van der Waals surface area contributed by atoms with Crippen LogP contribution in [0.1, 0.15) is 4.88 Å². The highest BCUT2D eigenvalue weighted by atomic mass is 35.5. The number of halogens is 1. The lowest BCUT2D eigenvalue weighted by Gasteiger charge is -2.04. The van der Waals surface area contributed by atoms with E-state index in [0.717, 1.165) is 5.56 Å². The molecular weight excluding hydrogens is 398 g/mol. The van der Waals surface area contributed by atoms with Crippen LogP contribution in [0.4, 0.5) is 0 Å². The highest BCUT2D eigenvalue weighted by molar-refractivity contribution is 7.89. The number of benzene rings is 1. The van der Waals surface area contributed by atoms with Crippen molar-refractivity contribution in [3.8, 4) is 22.2 Å². The van der Waals surface area contributed by atoms with Gasteiger partial charge in [-0.3, -0.25) is 0 Å². The minimum atomic E-state index is -3.62. The largest absolute Gasteiger partial charge is 0.383 e. The van der Waals surface area contributed by atoms with Crippen molar-refractivity contribution in [2.45, 2.75) is 11.8 Å². The minimum Gasteiger partial charge on any atom is -0.383 e. The van der Waals surface area contributed by atoms with Crippen LogP contribution in [0.5, 0.6) is 0 Å². The summed E-state index contributed by atoms with van der Waals surface area (Å²) in [5, 5.41) is 4.56. The lowest BCUT2D eigenvalue weighted by Crippen LogP contribution is -2.27. The number of methoxy groups -OCH3 is 1. The van der Waals surface area contributed by atoms with Crippen LogP contribution in [-0.2, 0) is 14.8 Å². The predicted molar refractivity (Wildman–Crippen MR) is 99.9 cm³/mol. The molecule has 0 fully saturated rings. The number of thiophene rings is 1. The van der Waals surface area contributed by atoms with Crippen LogP contribution >= 0.6 is 22.9 Å². The summed E-state index contributed by atoms with van der Waals surface area (Å²) in [6.07, 6.45) is 0. The smallest absolute Gasteiger partial charge is 0.268 e. The first-order valence-corrected chi connectivity index (χ1v) is 10.3. The zero-order valence-electron chi connectivity index (χ0n) is 14.0. The zero-order valence-corrected chi connectivity index (χ0v) is 16.4. The van der Waals surface area contributed by atoms with Gasteiger partial charge in [-0.1, -0.05) is 16.8 Å². The number of aryl methyl sites for hydroxylation is 1. The fourth-order valence-corrected chi connectivity index (χ4v) is 4.88. The van der Waals surface area contributed by atoms with E-state index in [0.29, 0.717) is 27.2 Å². The van der Waals surface area contributed by atoms with E-state index in [2.05, 4.69) is 14.9 Å². The number of sulfonamides is 1. The Morgan fingerprint density at radius 1 is 1.31 bits per heavy atom. The van der Waals surface area contributed by atoms with E-state index in [1.165, 1.54) is 24.5 Å². The van der Waals surface area contributed by atoms with Crippen LogP contribution < -0.4 is 4.72 Å². The molecule has 0 saturated heterocycles. The second-order valence-electron chi connectivity index (χ2n) is 5.35. The summed E-state index contributed by atoms with van der Waals surface area (Å²) >= 11 is 7.15. The van der Waals surface area contributed by atoms with Crippen LogP contribution in [0.15, 0.2) is 39.8 Å². The Bertz CT molecular complexity index is 997. The number of rotatable bonds is 7. The maximum atomic E-state index is 12.4. The molecule has 0 amide bonds. The number of ether oxygens (including phenoxy) is 1. The molecule has 0 aliphatic carbocycles. The summed E-state index contributed by atoms with van der Waals surface area (Å²) < 4.78 is 37.4. The molecule has 1 aromatic carbocycles. The van der Waals surface area contributed by atoms with Crippen molar-refractivity contribution in [1.29, 1.82) is 0 Å². The third-order valence-electron chi connectivity index (χ3n) is 3.50. The Labute approximate surface area is 160 Å². The second kappa shape index (κ2) is 7.85. The molecule has 0 aliphatic rings. The van der Waals surface area contributed by atoms with Crippen LogP contribution in [-0.4, -0.2) is 38.8 Å². The van der Waals surface area contributed by atoms with Gasteiger partial charge in [-0.05, 0) is 37.3 Å². The van der Waals surface area contributed by atoms with Crippen LogP contribution in [0.2, 0.25) is 5.02 Å². The molecular formula is C16H16ClN3O4S2. The van der Waals surface area contributed by atoms with Crippen molar-refractivity contribution in [2.24, 2.45) is 0 Å². The number of hydrogen-bond donors (Lipinski definition) is 1. The van der Waals surface area contributed by atoms with Gasteiger partial charge in [0.15, 0.2) is 0 Å². The summed E-state index contributed by atoms with van der Waals surface area (Å²) in [6, 6.07) is 8.57. The first-order valence-electron chi connectivity index (χ1n) is 7.60. The molecule has 3 rings (SSSR count). The Balaban J connectivity index is 1.86. The topological polar surface area (TPSA) is 94.3 Å². The molecule has 0 bridgehead atoms. The molecule has 7 nitrogen and oxygen atoms in total. The zero-order chi connectivity index (χ0) is 18.7. The Morgan fingerprint density at radius 2 is 2.04 bits per heavy atom. The van der Waals surface area contributed by atoms with Gasteiger partial charge in [-0.2, -0.15) is 4.98 Å². The molecule has 2 aromatic heterocycles. The van der Waals surface area contributed by atoms with E-state index in [-0.39, 0.29) is 17.3 Å². The Kier molecular flexibility index (Phi) is 5.73. The van der Waals surface area contributed by atoms with Crippen molar-refractivity contribution < 1.29 is 17.7 Å². The van der Waals surface area contributed by atoms with Gasteiger partial charge in [0.2, 0.25) is 15.8 Å². The van der Waals surface area contributed by atoms with Crippen molar-refractivity contribution in [3.63, 3.8) is 0 Å². The molecule has 0 spiro atoms. The van der Waals surface area contributed by atoms with E-state index in [9.17, 15) is 8.42 Å². The van der Waals surface area contributed by atoms with Gasteiger partial charge < -0.3 is 9.26 Å². The molecule has 138 valence electrons. The van der Waals surface area contributed by atoms with Crippen LogP contribution in [0.25, 0.3) is 22.2 Å². The minimum absolute atomic E-state index is 0.194. The molecule has 3 aromatic rings. The first-order chi connectivity index (χ1) is 12.4. The fraction of sp³-hybridized carbons (Fsp3) is 0.250. The second-order valence-corrected chi connectivity index (χ2v) is 8.78. The summed E-state index contributed by atoms with van der Waals surface area (Å²) in [4.78, 5) is 5.76. The van der Waals surface area contributed by atoms with Crippen LogP contribution in [0, 0.1) is 6.92 Å². The van der Waals surface area contributed by atoms with Gasteiger partial charge in [-0.15, -0.1) is 11.3 Å². The predicted octanol–water partition coefficient (Wildman–Crippen LogP) is 3.35. The quantitative estimate of drug-likeness (QED) is 0.597. The first kappa shape index (κ1) is 19.0. The van der Waals surface area contributed by atoms with Crippen molar-refractivity contribution in [3.05, 3.63) is 40.2 Å². The van der Waals surface area contributed by atoms with Crippen molar-refractivity contribution >= 4 is 33.0 Å². The molecule has 0 atom stereocenters. The summed E-state index contributed by atoms with van der Waals surface area (Å²) in [5.41, 5.74) is 0.756. The van der Waals surface area contributed by atoms with E-state index in [4.69, 9.17) is 20.9 Å². The molecule has 0 radical (unpaired) electrons. The van der Waals surface area contributed by atoms with Crippen molar-refractivity contribution in [2.75, 3.05) is 20.3 Å². The molecule has 2 heterocycles. The third-order valence-corrected chi connectivity index (χ3v) is 6.51. The van der Waals surface area contributed by atoms with Gasteiger partial charge in [0.25, 0.3) is 5.89 Å². The SMILES string of the molecule is COCCNS(=O)(=O)c1cc(-c2nc(-c3ccc(Cl)cc3)no2)sc1C. The number of aromatic nitrogens is 2. The number of nitrogens with one attached hydrogen (secondary N) is 1. The normalized spacial score (nSPS) is 11.8. The van der Waals surface area contributed by atoms with E-state index >= 15 is 0 Å². The van der Waals surface area contributed by atoms with Crippen molar-refractivity contribution in [1.82, 2.24) is 14.9 Å².